The Morgan fingerprint density at radius 1 is 1.19 bits per heavy atom. The molecule has 0 unspecified atom stereocenters. The van der Waals surface area contributed by atoms with E-state index in [1.54, 1.807) is 4.68 Å². The molecule has 0 bridgehead atoms. The lowest BCUT2D eigenvalue weighted by Crippen LogP contribution is -2.34. The molecule has 26 heavy (non-hydrogen) atoms. The second kappa shape index (κ2) is 7.62. The molecule has 1 fully saturated rings. The molecule has 138 valence electrons. The summed E-state index contributed by atoms with van der Waals surface area (Å²) in [4.78, 5) is 2.57. The molecule has 3 aromatic rings. The fourth-order valence-corrected chi connectivity index (χ4v) is 4.55. The van der Waals surface area contributed by atoms with Crippen molar-refractivity contribution in [1.29, 1.82) is 0 Å². The quantitative estimate of drug-likeness (QED) is 0.662. The van der Waals surface area contributed by atoms with E-state index in [0.717, 1.165) is 34.7 Å². The maximum absolute atomic E-state index is 6.65. The molecule has 0 aliphatic carbocycles. The largest absolute Gasteiger partial charge is 0.302 e. The van der Waals surface area contributed by atoms with Gasteiger partial charge in [0, 0.05) is 29.8 Å². The zero-order valence-electron chi connectivity index (χ0n) is 15.2. The third-order valence-corrected chi connectivity index (χ3v) is 6.18. The van der Waals surface area contributed by atoms with E-state index in [1.165, 1.54) is 30.7 Å². The number of fused-ring (bicyclic) bond motifs is 1. The molecule has 4 rings (SSSR count). The molecular formula is C19H24ClN5S. The van der Waals surface area contributed by atoms with Gasteiger partial charge in [-0.3, -0.25) is 4.68 Å². The van der Waals surface area contributed by atoms with E-state index in [4.69, 9.17) is 11.6 Å². The molecule has 0 atom stereocenters. The van der Waals surface area contributed by atoms with E-state index < -0.39 is 0 Å². The number of likely N-dealkylation sites (tertiary alicyclic amines) is 1. The molecule has 0 amide bonds. The average molecular weight is 390 g/mol. The van der Waals surface area contributed by atoms with E-state index in [2.05, 4.69) is 33.5 Å². The Balaban J connectivity index is 1.61. The molecule has 0 N–H and O–H groups in total. The van der Waals surface area contributed by atoms with Crippen molar-refractivity contribution in [2.45, 2.75) is 18.8 Å². The number of halogens is 1. The maximum atomic E-state index is 6.65. The number of hydrogen-bond acceptors (Lipinski definition) is 4. The first-order chi connectivity index (χ1) is 12.7. The number of nitrogens with zero attached hydrogens (tertiary/aromatic N) is 5. The summed E-state index contributed by atoms with van der Waals surface area (Å²) in [6, 6.07) is 4.30. The lowest BCUT2D eigenvalue weighted by molar-refractivity contribution is 0.224. The van der Waals surface area contributed by atoms with Gasteiger partial charge < -0.3 is 4.90 Å². The summed E-state index contributed by atoms with van der Waals surface area (Å²) in [7, 11) is 1.92. The lowest BCUT2D eigenvalue weighted by Gasteiger charge is -2.32. The van der Waals surface area contributed by atoms with Gasteiger partial charge in [-0.15, -0.1) is 0 Å². The lowest BCUT2D eigenvalue weighted by atomic mass is 9.89. The maximum Gasteiger partial charge on any atom is 0.103 e. The number of benzene rings is 1. The van der Waals surface area contributed by atoms with Gasteiger partial charge in [-0.1, -0.05) is 11.6 Å². The highest BCUT2D eigenvalue weighted by atomic mass is 35.5. The predicted octanol–water partition coefficient (Wildman–Crippen LogP) is 3.95. The topological polar surface area (TPSA) is 38.9 Å². The summed E-state index contributed by atoms with van der Waals surface area (Å²) in [5.74, 6) is 1.73. The fourth-order valence-electron chi connectivity index (χ4n) is 3.79. The summed E-state index contributed by atoms with van der Waals surface area (Å²) < 4.78 is 3.75. The summed E-state index contributed by atoms with van der Waals surface area (Å²) in [5, 5.41) is 10.7. The van der Waals surface area contributed by atoms with Crippen molar-refractivity contribution in [2.24, 2.45) is 7.05 Å². The Bertz CT molecular complexity index is 895. The van der Waals surface area contributed by atoms with Crippen molar-refractivity contribution in [1.82, 2.24) is 24.5 Å². The molecule has 3 heterocycles. The third-order valence-electron chi connectivity index (χ3n) is 5.26. The zero-order chi connectivity index (χ0) is 18.1. The molecule has 1 aliphatic rings. The Hall–Kier alpha value is -1.50. The third kappa shape index (κ3) is 3.50. The Morgan fingerprint density at radius 2 is 2.00 bits per heavy atom. The second-order valence-electron chi connectivity index (χ2n) is 6.97. The van der Waals surface area contributed by atoms with Crippen LogP contribution in [0.1, 0.15) is 24.3 Å². The Labute approximate surface area is 163 Å². The first-order valence-corrected chi connectivity index (χ1v) is 10.8. The molecule has 5 nitrogen and oxygen atoms in total. The van der Waals surface area contributed by atoms with Crippen molar-refractivity contribution in [3.63, 3.8) is 0 Å². The molecule has 1 aliphatic heterocycles. The SMILES string of the molecule is CSCCN1CCC(c2cc3c(cnn3-c3cnn(C)c3)cc2Cl)CC1. The molecule has 0 spiro atoms. The molecule has 0 saturated carbocycles. The fraction of sp³-hybridized carbons (Fsp3) is 0.474. The minimum Gasteiger partial charge on any atom is -0.302 e. The predicted molar refractivity (Wildman–Crippen MR) is 110 cm³/mol. The molecule has 1 saturated heterocycles. The molecule has 7 heteroatoms. The van der Waals surface area contributed by atoms with Crippen LogP contribution in [0.2, 0.25) is 5.02 Å². The highest BCUT2D eigenvalue weighted by Gasteiger charge is 2.23. The van der Waals surface area contributed by atoms with E-state index >= 15 is 0 Å². The monoisotopic (exact) mass is 389 g/mol. The molecule has 0 radical (unpaired) electrons. The van der Waals surface area contributed by atoms with E-state index in [1.807, 2.05) is 42.1 Å². The average Bonchev–Trinajstić information content (AvgIpc) is 3.25. The van der Waals surface area contributed by atoms with Crippen LogP contribution in [0.5, 0.6) is 0 Å². The van der Waals surface area contributed by atoms with Crippen molar-refractivity contribution in [2.75, 3.05) is 31.6 Å². The summed E-state index contributed by atoms with van der Waals surface area (Å²) in [6.07, 6.45) is 10.2. The minimum absolute atomic E-state index is 0.523. The molecule has 2 aromatic heterocycles. The van der Waals surface area contributed by atoms with Gasteiger partial charge in [0.2, 0.25) is 0 Å². The van der Waals surface area contributed by atoms with E-state index in [9.17, 15) is 0 Å². The van der Waals surface area contributed by atoms with Crippen LogP contribution in [0, 0.1) is 0 Å². The van der Waals surface area contributed by atoms with Gasteiger partial charge in [0.1, 0.15) is 5.69 Å². The van der Waals surface area contributed by atoms with Crippen molar-refractivity contribution < 1.29 is 0 Å². The number of aryl methyl sites for hydroxylation is 1. The molecule has 1 aromatic carbocycles. The van der Waals surface area contributed by atoms with Gasteiger partial charge in [-0.25, -0.2) is 4.68 Å². The number of hydrogen-bond donors (Lipinski definition) is 0. The standard InChI is InChI=1S/C19H24ClN5S/c1-23-13-16(12-21-23)25-19-10-17(18(20)9-15(19)11-22-25)14-3-5-24(6-4-14)7-8-26-2/h9-14H,3-8H2,1-2H3. The van der Waals surface area contributed by atoms with E-state index in [0.29, 0.717) is 5.92 Å². The first kappa shape index (κ1) is 17.9. The van der Waals surface area contributed by atoms with Crippen LogP contribution in [-0.2, 0) is 7.05 Å². The van der Waals surface area contributed by atoms with Crippen LogP contribution in [0.4, 0.5) is 0 Å². The number of thioether (sulfide) groups is 1. The zero-order valence-corrected chi connectivity index (χ0v) is 16.8. The Morgan fingerprint density at radius 3 is 2.69 bits per heavy atom. The summed E-state index contributed by atoms with van der Waals surface area (Å²) in [6.45, 7) is 3.50. The van der Waals surface area contributed by atoms with Gasteiger partial charge in [0.25, 0.3) is 0 Å². The van der Waals surface area contributed by atoms with Crippen LogP contribution >= 0.6 is 23.4 Å². The highest BCUT2D eigenvalue weighted by Crippen LogP contribution is 2.36. The van der Waals surface area contributed by atoms with Crippen LogP contribution in [0.3, 0.4) is 0 Å². The summed E-state index contributed by atoms with van der Waals surface area (Å²) in [5.41, 5.74) is 3.33. The van der Waals surface area contributed by atoms with Gasteiger partial charge in [-0.2, -0.15) is 22.0 Å². The smallest absolute Gasteiger partial charge is 0.103 e. The van der Waals surface area contributed by atoms with Crippen molar-refractivity contribution in [3.05, 3.63) is 41.3 Å². The second-order valence-corrected chi connectivity index (χ2v) is 8.36. The minimum atomic E-state index is 0.523. The van der Waals surface area contributed by atoms with Crippen molar-refractivity contribution >= 4 is 34.3 Å². The van der Waals surface area contributed by atoms with Gasteiger partial charge in [0.15, 0.2) is 0 Å². The molecular weight excluding hydrogens is 366 g/mol. The van der Waals surface area contributed by atoms with Crippen LogP contribution in [0.15, 0.2) is 30.7 Å². The van der Waals surface area contributed by atoms with Crippen molar-refractivity contribution in [3.8, 4) is 5.69 Å². The van der Waals surface area contributed by atoms with Crippen LogP contribution in [-0.4, -0.2) is 56.1 Å². The van der Waals surface area contributed by atoms with E-state index in [-0.39, 0.29) is 0 Å². The van der Waals surface area contributed by atoms with Gasteiger partial charge >= 0.3 is 0 Å². The number of rotatable bonds is 5. The normalized spacial score (nSPS) is 16.6. The first-order valence-electron chi connectivity index (χ1n) is 9.03. The Kier molecular flexibility index (Phi) is 5.25. The van der Waals surface area contributed by atoms with Crippen LogP contribution in [0.25, 0.3) is 16.6 Å². The van der Waals surface area contributed by atoms with Gasteiger partial charge in [0.05, 0.1) is 24.1 Å². The van der Waals surface area contributed by atoms with Crippen LogP contribution < -0.4 is 0 Å². The highest BCUT2D eigenvalue weighted by molar-refractivity contribution is 7.98. The number of piperidine rings is 1. The van der Waals surface area contributed by atoms with Gasteiger partial charge in [-0.05, 0) is 55.8 Å². The summed E-state index contributed by atoms with van der Waals surface area (Å²) >= 11 is 8.56. The number of aromatic nitrogens is 4.